The summed E-state index contributed by atoms with van der Waals surface area (Å²) in [6.07, 6.45) is 6.13. The normalized spacial score (nSPS) is 20.1. The molecule has 30 heavy (non-hydrogen) atoms. The van der Waals surface area contributed by atoms with Gasteiger partial charge in [-0.2, -0.15) is 0 Å². The molecule has 6 heteroatoms. The zero-order valence-corrected chi connectivity index (χ0v) is 18.1. The van der Waals surface area contributed by atoms with Gasteiger partial charge in [0, 0.05) is 18.8 Å². The number of nitrogens with zero attached hydrogens (tertiary/aromatic N) is 2. The molecule has 0 spiro atoms. The summed E-state index contributed by atoms with van der Waals surface area (Å²) in [5.41, 5.74) is 0.734. The van der Waals surface area contributed by atoms with Crippen molar-refractivity contribution in [3.05, 3.63) is 47.9 Å². The Kier molecular flexibility index (Phi) is 6.75. The van der Waals surface area contributed by atoms with Gasteiger partial charge in [0.25, 0.3) is 5.91 Å². The summed E-state index contributed by atoms with van der Waals surface area (Å²) in [7, 11) is 2.14. The second kappa shape index (κ2) is 9.67. The lowest BCUT2D eigenvalue weighted by Crippen LogP contribution is -2.35. The highest BCUT2D eigenvalue weighted by Crippen LogP contribution is 2.26. The fourth-order valence-electron chi connectivity index (χ4n) is 4.29. The van der Waals surface area contributed by atoms with Gasteiger partial charge in [0.2, 0.25) is 0 Å². The third kappa shape index (κ3) is 5.24. The number of furan rings is 1. The van der Waals surface area contributed by atoms with Crippen LogP contribution in [-0.4, -0.2) is 55.0 Å². The van der Waals surface area contributed by atoms with Gasteiger partial charge in [-0.05, 0) is 89.1 Å². The van der Waals surface area contributed by atoms with E-state index in [-0.39, 0.29) is 18.1 Å². The van der Waals surface area contributed by atoms with Gasteiger partial charge in [-0.3, -0.25) is 9.69 Å². The fourth-order valence-corrected chi connectivity index (χ4v) is 4.29. The highest BCUT2D eigenvalue weighted by atomic mass is 16.5. The number of benzene rings is 1. The minimum Gasteiger partial charge on any atom is -0.490 e. The summed E-state index contributed by atoms with van der Waals surface area (Å²) < 4.78 is 12.0. The molecule has 4 rings (SSSR count). The summed E-state index contributed by atoms with van der Waals surface area (Å²) in [6.45, 7) is 6.47. The molecule has 0 bridgehead atoms. The Bertz CT molecular complexity index is 818. The maximum absolute atomic E-state index is 12.6. The van der Waals surface area contributed by atoms with Crippen LogP contribution < -0.4 is 10.1 Å². The van der Waals surface area contributed by atoms with Crippen LogP contribution in [0.3, 0.4) is 0 Å². The van der Waals surface area contributed by atoms with Crippen molar-refractivity contribution in [2.45, 2.75) is 51.2 Å². The summed E-state index contributed by atoms with van der Waals surface area (Å²) >= 11 is 0. The number of hydrogen-bond donors (Lipinski definition) is 1. The molecule has 6 nitrogen and oxygen atoms in total. The highest BCUT2D eigenvalue weighted by Gasteiger charge is 2.22. The van der Waals surface area contributed by atoms with Crippen molar-refractivity contribution in [1.82, 2.24) is 9.80 Å². The summed E-state index contributed by atoms with van der Waals surface area (Å²) in [4.78, 5) is 17.4. The number of piperidine rings is 2. The minimum atomic E-state index is -0.226. The first-order valence-corrected chi connectivity index (χ1v) is 11.2. The Hall–Kier alpha value is -2.31. The van der Waals surface area contributed by atoms with Crippen molar-refractivity contribution < 1.29 is 13.9 Å². The Morgan fingerprint density at radius 3 is 2.43 bits per heavy atom. The SMILES string of the molecule is CC(c1ccc(C(=O)Nc2ccc(OC3CCN(C)CC3)cc2)o1)N1CCCCC1. The van der Waals surface area contributed by atoms with Crippen LogP contribution in [0.4, 0.5) is 5.69 Å². The molecule has 2 saturated heterocycles. The maximum Gasteiger partial charge on any atom is 0.291 e. The minimum absolute atomic E-state index is 0.197. The molecular weight excluding hydrogens is 378 g/mol. The van der Waals surface area contributed by atoms with E-state index in [2.05, 4.69) is 29.1 Å². The molecule has 3 heterocycles. The zero-order chi connectivity index (χ0) is 20.9. The van der Waals surface area contributed by atoms with Crippen LogP contribution in [0, 0.1) is 0 Å². The molecule has 1 atom stereocenters. The maximum atomic E-state index is 12.6. The van der Waals surface area contributed by atoms with Crippen molar-refractivity contribution in [3.8, 4) is 5.75 Å². The Morgan fingerprint density at radius 2 is 1.73 bits per heavy atom. The van der Waals surface area contributed by atoms with Crippen molar-refractivity contribution >= 4 is 11.6 Å². The lowest BCUT2D eigenvalue weighted by atomic mass is 10.1. The first-order valence-electron chi connectivity index (χ1n) is 11.2. The molecule has 0 aliphatic carbocycles. The van der Waals surface area contributed by atoms with E-state index in [0.29, 0.717) is 5.76 Å². The average molecular weight is 412 g/mol. The van der Waals surface area contributed by atoms with Crippen LogP contribution in [0.25, 0.3) is 0 Å². The summed E-state index contributed by atoms with van der Waals surface area (Å²) in [5, 5.41) is 2.92. The number of rotatable bonds is 6. The lowest BCUT2D eigenvalue weighted by molar-refractivity contribution is 0.0987. The Labute approximate surface area is 179 Å². The molecule has 0 saturated carbocycles. The molecule has 0 radical (unpaired) electrons. The Morgan fingerprint density at radius 1 is 1.03 bits per heavy atom. The first-order chi connectivity index (χ1) is 14.6. The molecule has 2 aliphatic rings. The molecule has 2 aliphatic heterocycles. The van der Waals surface area contributed by atoms with Crippen LogP contribution in [0.5, 0.6) is 5.75 Å². The fraction of sp³-hybridized carbons (Fsp3) is 0.542. The number of carbonyl (C=O) groups excluding carboxylic acids is 1. The highest BCUT2D eigenvalue weighted by molar-refractivity contribution is 6.02. The average Bonchev–Trinajstić information content (AvgIpc) is 3.27. The molecule has 2 fully saturated rings. The van der Waals surface area contributed by atoms with E-state index in [1.54, 1.807) is 6.07 Å². The monoisotopic (exact) mass is 411 g/mol. The van der Waals surface area contributed by atoms with Gasteiger partial charge in [-0.25, -0.2) is 0 Å². The number of likely N-dealkylation sites (tertiary alicyclic amines) is 2. The van der Waals surface area contributed by atoms with Gasteiger partial charge in [-0.15, -0.1) is 0 Å². The molecule has 1 amide bonds. The number of ether oxygens (including phenoxy) is 1. The van der Waals surface area contributed by atoms with E-state index >= 15 is 0 Å². The van der Waals surface area contributed by atoms with Crippen molar-refractivity contribution in [1.29, 1.82) is 0 Å². The summed E-state index contributed by atoms with van der Waals surface area (Å²) in [6, 6.07) is 11.5. The van der Waals surface area contributed by atoms with Crippen LogP contribution in [0.15, 0.2) is 40.8 Å². The molecule has 1 aromatic heterocycles. The number of carbonyl (C=O) groups is 1. The van der Waals surface area contributed by atoms with E-state index in [1.807, 2.05) is 30.3 Å². The van der Waals surface area contributed by atoms with Crippen molar-refractivity contribution in [2.24, 2.45) is 0 Å². The van der Waals surface area contributed by atoms with E-state index in [0.717, 1.165) is 56.2 Å². The Balaban J connectivity index is 1.31. The van der Waals surface area contributed by atoms with E-state index in [1.165, 1.54) is 19.3 Å². The molecule has 162 valence electrons. The quantitative estimate of drug-likeness (QED) is 0.756. The van der Waals surface area contributed by atoms with E-state index < -0.39 is 0 Å². The van der Waals surface area contributed by atoms with E-state index in [4.69, 9.17) is 9.15 Å². The van der Waals surface area contributed by atoms with Crippen LogP contribution in [-0.2, 0) is 0 Å². The number of amides is 1. The topological polar surface area (TPSA) is 58.0 Å². The van der Waals surface area contributed by atoms with Crippen molar-refractivity contribution in [3.63, 3.8) is 0 Å². The van der Waals surface area contributed by atoms with E-state index in [9.17, 15) is 4.79 Å². The lowest BCUT2D eigenvalue weighted by Gasteiger charge is -2.31. The third-order valence-electron chi connectivity index (χ3n) is 6.28. The standard InChI is InChI=1S/C24H33N3O3/c1-18(27-14-4-3-5-15-27)22-10-11-23(30-22)24(28)25-19-6-8-20(9-7-19)29-21-12-16-26(2)17-13-21/h6-11,18,21H,3-5,12-17H2,1-2H3,(H,25,28). The van der Waals surface area contributed by atoms with Gasteiger partial charge in [0.1, 0.15) is 17.6 Å². The number of nitrogens with one attached hydrogen (secondary N) is 1. The third-order valence-corrected chi connectivity index (χ3v) is 6.28. The van der Waals surface area contributed by atoms with Gasteiger partial charge in [0.05, 0.1) is 6.04 Å². The largest absolute Gasteiger partial charge is 0.490 e. The molecule has 2 aromatic rings. The number of hydrogen-bond acceptors (Lipinski definition) is 5. The van der Waals surface area contributed by atoms with Gasteiger partial charge < -0.3 is 19.4 Å². The first kappa shape index (κ1) is 20.9. The molecule has 1 aromatic carbocycles. The summed E-state index contributed by atoms with van der Waals surface area (Å²) in [5.74, 6) is 1.82. The molecular formula is C24H33N3O3. The van der Waals surface area contributed by atoms with Gasteiger partial charge in [-0.1, -0.05) is 6.42 Å². The zero-order valence-electron chi connectivity index (χ0n) is 18.1. The molecule has 1 N–H and O–H groups in total. The van der Waals surface area contributed by atoms with Crippen molar-refractivity contribution in [2.75, 3.05) is 38.5 Å². The second-order valence-electron chi connectivity index (χ2n) is 8.57. The second-order valence-corrected chi connectivity index (χ2v) is 8.57. The predicted molar refractivity (Wildman–Crippen MR) is 118 cm³/mol. The number of anilines is 1. The molecule has 1 unspecified atom stereocenters. The van der Waals surface area contributed by atoms with Gasteiger partial charge >= 0.3 is 0 Å². The predicted octanol–water partition coefficient (Wildman–Crippen LogP) is 4.55. The van der Waals surface area contributed by atoms with Gasteiger partial charge in [0.15, 0.2) is 5.76 Å². The smallest absolute Gasteiger partial charge is 0.291 e. The van der Waals surface area contributed by atoms with Crippen LogP contribution in [0.1, 0.15) is 61.4 Å². The van der Waals surface area contributed by atoms with Crippen LogP contribution in [0.2, 0.25) is 0 Å². The van der Waals surface area contributed by atoms with Crippen LogP contribution >= 0.6 is 0 Å².